The maximum atomic E-state index is 13.0. The molecule has 5 unspecified atom stereocenters. The third-order valence-corrected chi connectivity index (χ3v) is 12.4. The molecule has 1 aliphatic carbocycles. The summed E-state index contributed by atoms with van der Waals surface area (Å²) in [4.78, 5) is 54.3. The quantitative estimate of drug-likeness (QED) is 0.0131. The Labute approximate surface area is 388 Å². The lowest BCUT2D eigenvalue weighted by molar-refractivity contribution is -0.216. The second kappa shape index (κ2) is 37.9. The zero-order valence-corrected chi connectivity index (χ0v) is 40.9. The minimum absolute atomic E-state index is 0.0163. The van der Waals surface area contributed by atoms with Crippen molar-refractivity contribution in [3.63, 3.8) is 0 Å². The van der Waals surface area contributed by atoms with Crippen LogP contribution < -0.4 is 0 Å². The van der Waals surface area contributed by atoms with Crippen LogP contribution in [-0.2, 0) is 41.8 Å². The first kappa shape index (κ1) is 61.0. The third-order valence-electron chi connectivity index (χ3n) is 10.9. The van der Waals surface area contributed by atoms with Crippen molar-refractivity contribution in [2.45, 2.75) is 224 Å². The standard InChI is InChI=1S/C47H84O16P2/c1-3-5-7-9-11-13-15-17-19-20-22-24-26-28-30-32-34-36-41(49)61-39(37-59-40(48)35-33-31-29-27-25-23-21-18-16-14-12-10-8-6-4-2)38-60-65(57,58)63-47-44(52)42(50)43(51)46(45(47)53)62-64(54,55)56/h5,7,11,13,17,19,22,24,39,42-47,50-53H,3-4,6,8-10,12,14-16,18,20-21,23,25-38H2,1-2H3,(H,57,58)(H2,54,55,56)/t39-,42?,43?,44?,45?,46-,47+/m1/s1. The number of phosphoric acid groups is 2. The van der Waals surface area contributed by atoms with E-state index in [0.717, 1.165) is 77.0 Å². The first-order valence-electron chi connectivity index (χ1n) is 24.2. The minimum Gasteiger partial charge on any atom is -0.462 e. The average Bonchev–Trinajstić information content (AvgIpc) is 3.26. The molecule has 18 heteroatoms. The van der Waals surface area contributed by atoms with Gasteiger partial charge in [0, 0.05) is 12.8 Å². The fourth-order valence-electron chi connectivity index (χ4n) is 7.19. The number of ether oxygens (including phenoxy) is 2. The van der Waals surface area contributed by atoms with E-state index in [4.69, 9.17) is 18.5 Å². The number of carbonyl (C=O) groups is 2. The number of aliphatic hydroxyl groups is 4. The summed E-state index contributed by atoms with van der Waals surface area (Å²) in [5, 5.41) is 41.2. The molecule has 378 valence electrons. The molecule has 0 heterocycles. The molecule has 1 saturated carbocycles. The van der Waals surface area contributed by atoms with Crippen LogP contribution in [0, 0.1) is 0 Å². The molecule has 0 spiro atoms. The maximum absolute atomic E-state index is 13.0. The fourth-order valence-corrected chi connectivity index (χ4v) is 8.73. The SMILES string of the molecule is CCC=CCC=CCC=CCC=CCCCCCCC(=O)O[C@H](COC(=O)CCCCCCCCCCCCCCCCC)COP(=O)(O)O[C@H]1C(O)C(O)C(O)[C@@H](OP(=O)(O)O)C1O. The molecule has 16 nitrogen and oxygen atoms in total. The van der Waals surface area contributed by atoms with Crippen LogP contribution in [0.1, 0.15) is 181 Å². The Balaban J connectivity index is 2.60. The highest BCUT2D eigenvalue weighted by molar-refractivity contribution is 7.47. The third kappa shape index (κ3) is 32.4. The van der Waals surface area contributed by atoms with Gasteiger partial charge in [0.05, 0.1) is 6.61 Å². The minimum atomic E-state index is -5.37. The van der Waals surface area contributed by atoms with Gasteiger partial charge in [0.1, 0.15) is 43.2 Å². The molecule has 0 aromatic heterocycles. The lowest BCUT2D eigenvalue weighted by Crippen LogP contribution is -2.64. The van der Waals surface area contributed by atoms with Gasteiger partial charge in [-0.15, -0.1) is 0 Å². The predicted molar refractivity (Wildman–Crippen MR) is 250 cm³/mol. The van der Waals surface area contributed by atoms with Gasteiger partial charge in [-0.2, -0.15) is 0 Å². The number of rotatable bonds is 40. The van der Waals surface area contributed by atoms with Crippen LogP contribution in [-0.4, -0.2) is 103 Å². The normalized spacial score (nSPS) is 22.0. The lowest BCUT2D eigenvalue weighted by atomic mass is 9.85. The lowest BCUT2D eigenvalue weighted by Gasteiger charge is -2.43. The van der Waals surface area contributed by atoms with E-state index >= 15 is 0 Å². The summed E-state index contributed by atoms with van der Waals surface area (Å²) in [6, 6.07) is 0. The van der Waals surface area contributed by atoms with Crippen LogP contribution in [0.3, 0.4) is 0 Å². The molecule has 0 radical (unpaired) electrons. The monoisotopic (exact) mass is 967 g/mol. The molecular formula is C47H84O16P2. The van der Waals surface area contributed by atoms with Crippen LogP contribution in [0.25, 0.3) is 0 Å². The highest BCUT2D eigenvalue weighted by atomic mass is 31.2. The van der Waals surface area contributed by atoms with Crippen molar-refractivity contribution in [3.8, 4) is 0 Å². The Hall–Kier alpha value is -2.04. The van der Waals surface area contributed by atoms with E-state index in [1.54, 1.807) is 0 Å². The number of allylic oxidation sites excluding steroid dienone is 8. The van der Waals surface area contributed by atoms with Gasteiger partial charge >= 0.3 is 27.6 Å². The van der Waals surface area contributed by atoms with Crippen molar-refractivity contribution in [1.29, 1.82) is 0 Å². The van der Waals surface area contributed by atoms with Gasteiger partial charge in [0.15, 0.2) is 6.10 Å². The van der Waals surface area contributed by atoms with Gasteiger partial charge in [0.2, 0.25) is 0 Å². The summed E-state index contributed by atoms with van der Waals surface area (Å²) >= 11 is 0. The number of hydrogen-bond donors (Lipinski definition) is 7. The Morgan fingerprint density at radius 2 is 0.938 bits per heavy atom. The molecule has 0 aromatic rings. The molecular weight excluding hydrogens is 882 g/mol. The maximum Gasteiger partial charge on any atom is 0.472 e. The molecule has 1 fully saturated rings. The van der Waals surface area contributed by atoms with Crippen LogP contribution in [0.15, 0.2) is 48.6 Å². The number of aliphatic hydroxyl groups excluding tert-OH is 4. The van der Waals surface area contributed by atoms with Crippen molar-refractivity contribution >= 4 is 27.6 Å². The molecule has 7 N–H and O–H groups in total. The molecule has 65 heavy (non-hydrogen) atoms. The van der Waals surface area contributed by atoms with Gasteiger partial charge < -0.3 is 44.6 Å². The molecule has 8 atom stereocenters. The zero-order valence-electron chi connectivity index (χ0n) is 39.2. The van der Waals surface area contributed by atoms with Crippen LogP contribution >= 0.6 is 15.6 Å². The fraction of sp³-hybridized carbons (Fsp3) is 0.787. The van der Waals surface area contributed by atoms with Gasteiger partial charge in [-0.25, -0.2) is 9.13 Å². The smallest absolute Gasteiger partial charge is 0.462 e. The van der Waals surface area contributed by atoms with Crippen LogP contribution in [0.5, 0.6) is 0 Å². The van der Waals surface area contributed by atoms with Gasteiger partial charge in [-0.05, 0) is 51.4 Å². The Morgan fingerprint density at radius 3 is 1.43 bits per heavy atom. The second-order valence-electron chi connectivity index (χ2n) is 16.8. The zero-order chi connectivity index (χ0) is 48.2. The molecule has 0 aliphatic heterocycles. The van der Waals surface area contributed by atoms with Crippen molar-refractivity contribution in [1.82, 2.24) is 0 Å². The summed E-state index contributed by atoms with van der Waals surface area (Å²) in [5.74, 6) is -1.23. The first-order chi connectivity index (χ1) is 31.1. The molecule has 1 rings (SSSR count). The summed E-state index contributed by atoms with van der Waals surface area (Å²) in [5.41, 5.74) is 0. The topological polar surface area (TPSA) is 256 Å². The number of esters is 2. The number of hydrogen-bond acceptors (Lipinski definition) is 13. The Kier molecular flexibility index (Phi) is 35.5. The predicted octanol–water partition coefficient (Wildman–Crippen LogP) is 9.29. The Bertz CT molecular complexity index is 1450. The second-order valence-corrected chi connectivity index (χ2v) is 19.4. The van der Waals surface area contributed by atoms with Crippen LogP contribution in [0.2, 0.25) is 0 Å². The average molecular weight is 967 g/mol. The van der Waals surface area contributed by atoms with E-state index < -0.39 is 83.5 Å². The van der Waals surface area contributed by atoms with Gasteiger partial charge in [-0.1, -0.05) is 165 Å². The highest BCUT2D eigenvalue weighted by Crippen LogP contribution is 2.49. The van der Waals surface area contributed by atoms with Crippen molar-refractivity contribution in [3.05, 3.63) is 48.6 Å². The summed E-state index contributed by atoms with van der Waals surface area (Å²) in [6.45, 7) is 2.99. The number of phosphoric ester groups is 2. The molecule has 0 saturated heterocycles. The van der Waals surface area contributed by atoms with Gasteiger partial charge in [0.25, 0.3) is 0 Å². The van der Waals surface area contributed by atoms with E-state index in [2.05, 4.69) is 67.0 Å². The van der Waals surface area contributed by atoms with E-state index in [1.165, 1.54) is 64.2 Å². The first-order valence-corrected chi connectivity index (χ1v) is 27.2. The van der Waals surface area contributed by atoms with Gasteiger partial charge in [-0.3, -0.25) is 23.2 Å². The largest absolute Gasteiger partial charge is 0.472 e. The molecule has 1 aliphatic rings. The molecule has 0 amide bonds. The molecule has 0 aromatic carbocycles. The van der Waals surface area contributed by atoms with Crippen molar-refractivity contribution in [2.75, 3.05) is 13.2 Å². The summed E-state index contributed by atoms with van der Waals surface area (Å²) in [7, 11) is -10.7. The summed E-state index contributed by atoms with van der Waals surface area (Å²) in [6.07, 6.45) is 27.8. The Morgan fingerprint density at radius 1 is 0.508 bits per heavy atom. The molecule has 0 bridgehead atoms. The number of carbonyl (C=O) groups excluding carboxylic acids is 2. The highest BCUT2D eigenvalue weighted by Gasteiger charge is 2.54. The van der Waals surface area contributed by atoms with Crippen LogP contribution in [0.4, 0.5) is 0 Å². The van der Waals surface area contributed by atoms with E-state index in [0.29, 0.717) is 12.8 Å². The van der Waals surface area contributed by atoms with Crippen molar-refractivity contribution < 1.29 is 76.9 Å². The van der Waals surface area contributed by atoms with E-state index in [1.807, 2.05) is 0 Å². The van der Waals surface area contributed by atoms with Crippen molar-refractivity contribution in [2.24, 2.45) is 0 Å². The van der Waals surface area contributed by atoms with E-state index in [9.17, 15) is 53.8 Å². The summed E-state index contributed by atoms with van der Waals surface area (Å²) < 4.78 is 49.4. The van der Waals surface area contributed by atoms with E-state index in [-0.39, 0.29) is 12.8 Å². The number of unbranched alkanes of at least 4 members (excludes halogenated alkanes) is 18.